The minimum atomic E-state index is -0.204. The molecule has 0 unspecified atom stereocenters. The lowest BCUT2D eigenvalue weighted by molar-refractivity contribution is 0.657. The Hall–Kier alpha value is -3.48. The Morgan fingerprint density at radius 1 is 1.21 bits per heavy atom. The summed E-state index contributed by atoms with van der Waals surface area (Å²) in [6, 6.07) is 4.05. The summed E-state index contributed by atoms with van der Waals surface area (Å²) in [5.41, 5.74) is 4.33. The number of nitrogens with zero attached hydrogens (tertiary/aromatic N) is 5. The van der Waals surface area contributed by atoms with Crippen LogP contribution in [0.5, 0.6) is 0 Å². The van der Waals surface area contributed by atoms with Gasteiger partial charge in [-0.25, -0.2) is 14.4 Å². The fourth-order valence-electron chi connectivity index (χ4n) is 3.76. The summed E-state index contributed by atoms with van der Waals surface area (Å²) in [6.45, 7) is 0.653. The minimum absolute atomic E-state index is 0.204. The molecule has 0 bridgehead atoms. The Balaban J connectivity index is 1.79. The number of allylic oxidation sites excluding steroid dienone is 4. The summed E-state index contributed by atoms with van der Waals surface area (Å²) >= 11 is 0. The lowest BCUT2D eigenvalue weighted by atomic mass is 10.0. The SMILES string of the molecule is Cn1nccc1Cn1cnc(=C2C=CC(F)=CC2)c1=C1CC=Nc2[nH]ccc21. The maximum atomic E-state index is 13.5. The van der Waals surface area contributed by atoms with E-state index in [4.69, 9.17) is 4.98 Å². The number of nitrogens with one attached hydrogen (secondary N) is 1. The smallest absolute Gasteiger partial charge is 0.137 e. The van der Waals surface area contributed by atoms with Crippen LogP contribution in [0, 0.1) is 0 Å². The average molecular weight is 374 g/mol. The fourth-order valence-corrected chi connectivity index (χ4v) is 3.76. The second-order valence-electron chi connectivity index (χ2n) is 6.90. The summed E-state index contributed by atoms with van der Waals surface area (Å²) < 4.78 is 17.5. The van der Waals surface area contributed by atoms with E-state index in [0.29, 0.717) is 13.0 Å². The summed E-state index contributed by atoms with van der Waals surface area (Å²) in [6.07, 6.45) is 13.6. The van der Waals surface area contributed by atoms with E-state index in [9.17, 15) is 4.39 Å². The normalized spacial score (nSPS) is 19.7. The van der Waals surface area contributed by atoms with E-state index in [0.717, 1.165) is 45.3 Å². The van der Waals surface area contributed by atoms with Crippen LogP contribution in [0.3, 0.4) is 0 Å². The molecule has 4 heterocycles. The Morgan fingerprint density at radius 3 is 2.93 bits per heavy atom. The van der Waals surface area contributed by atoms with Crippen LogP contribution in [0.2, 0.25) is 0 Å². The summed E-state index contributed by atoms with van der Waals surface area (Å²) in [5.74, 6) is 0.653. The Morgan fingerprint density at radius 2 is 2.14 bits per heavy atom. The Kier molecular flexibility index (Phi) is 3.93. The number of hydrogen-bond acceptors (Lipinski definition) is 3. The van der Waals surface area contributed by atoms with E-state index in [2.05, 4.69) is 19.6 Å². The molecule has 2 aliphatic rings. The first-order chi connectivity index (χ1) is 13.7. The van der Waals surface area contributed by atoms with Gasteiger partial charge < -0.3 is 9.55 Å². The highest BCUT2D eigenvalue weighted by atomic mass is 19.1. The number of aryl methyl sites for hydroxylation is 1. The molecular weight excluding hydrogens is 355 g/mol. The second-order valence-corrected chi connectivity index (χ2v) is 6.90. The first-order valence-corrected chi connectivity index (χ1v) is 9.19. The van der Waals surface area contributed by atoms with Crippen molar-refractivity contribution in [2.75, 3.05) is 0 Å². The molecule has 0 aromatic carbocycles. The number of aromatic nitrogens is 5. The molecular formula is C21H19FN6. The predicted octanol–water partition coefficient (Wildman–Crippen LogP) is 2.26. The third kappa shape index (κ3) is 2.76. The molecule has 1 aliphatic carbocycles. The molecule has 7 heteroatoms. The van der Waals surface area contributed by atoms with Crippen molar-refractivity contribution >= 4 is 23.2 Å². The van der Waals surface area contributed by atoms with Crippen LogP contribution in [-0.4, -0.2) is 30.5 Å². The van der Waals surface area contributed by atoms with E-state index in [-0.39, 0.29) is 5.83 Å². The molecule has 1 aliphatic heterocycles. The van der Waals surface area contributed by atoms with Gasteiger partial charge in [-0.05, 0) is 41.9 Å². The molecule has 0 radical (unpaired) electrons. The van der Waals surface area contributed by atoms with Gasteiger partial charge in [0.15, 0.2) is 0 Å². The van der Waals surface area contributed by atoms with Crippen molar-refractivity contribution in [1.82, 2.24) is 24.3 Å². The quantitative estimate of drug-likeness (QED) is 0.748. The van der Waals surface area contributed by atoms with Crippen LogP contribution in [0.15, 0.2) is 59.9 Å². The second kappa shape index (κ2) is 6.60. The topological polar surface area (TPSA) is 63.8 Å². The largest absolute Gasteiger partial charge is 0.346 e. The van der Waals surface area contributed by atoms with Crippen molar-refractivity contribution in [1.29, 1.82) is 0 Å². The zero-order valence-corrected chi connectivity index (χ0v) is 15.4. The molecule has 0 spiro atoms. The summed E-state index contributed by atoms with van der Waals surface area (Å²) in [7, 11) is 1.93. The number of H-pyrrole nitrogens is 1. The van der Waals surface area contributed by atoms with Gasteiger partial charge in [0.05, 0.1) is 29.3 Å². The number of rotatable bonds is 2. The molecule has 0 saturated heterocycles. The van der Waals surface area contributed by atoms with Gasteiger partial charge in [0.1, 0.15) is 11.6 Å². The van der Waals surface area contributed by atoms with E-state index < -0.39 is 0 Å². The first-order valence-electron chi connectivity index (χ1n) is 9.19. The van der Waals surface area contributed by atoms with Gasteiger partial charge in [0.25, 0.3) is 0 Å². The standard InChI is InChI=1S/C21H19FN6/c1-27-16(6-11-26-27)12-28-13-25-19(14-2-4-15(22)5-3-14)20(28)17-7-9-23-21-18(17)8-10-24-21/h2,4-6,8-11,13,24H,3,7,12H2,1H3. The maximum absolute atomic E-state index is 13.5. The zero-order chi connectivity index (χ0) is 19.1. The van der Waals surface area contributed by atoms with Gasteiger partial charge in [0, 0.05) is 37.6 Å². The maximum Gasteiger partial charge on any atom is 0.137 e. The predicted molar refractivity (Wildman–Crippen MR) is 106 cm³/mol. The number of aliphatic imine (C=N–C) groups is 1. The van der Waals surface area contributed by atoms with Crippen molar-refractivity contribution in [2.45, 2.75) is 19.4 Å². The molecule has 0 fully saturated rings. The zero-order valence-electron chi connectivity index (χ0n) is 15.4. The van der Waals surface area contributed by atoms with Crippen LogP contribution < -0.4 is 10.7 Å². The highest BCUT2D eigenvalue weighted by Crippen LogP contribution is 2.28. The molecule has 0 atom stereocenters. The first kappa shape index (κ1) is 16.7. The molecule has 0 amide bonds. The van der Waals surface area contributed by atoms with Gasteiger partial charge in [-0.2, -0.15) is 5.10 Å². The minimum Gasteiger partial charge on any atom is -0.346 e. The van der Waals surface area contributed by atoms with Crippen LogP contribution in [-0.2, 0) is 13.6 Å². The van der Waals surface area contributed by atoms with Crippen molar-refractivity contribution in [3.05, 3.63) is 76.9 Å². The van der Waals surface area contributed by atoms with Crippen molar-refractivity contribution in [3.63, 3.8) is 0 Å². The highest BCUT2D eigenvalue weighted by molar-refractivity contribution is 5.88. The number of aromatic amines is 1. The van der Waals surface area contributed by atoms with E-state index in [1.807, 2.05) is 48.7 Å². The molecule has 5 rings (SSSR count). The van der Waals surface area contributed by atoms with Gasteiger partial charge in [-0.1, -0.05) is 6.08 Å². The third-order valence-corrected chi connectivity index (χ3v) is 5.21. The number of fused-ring (bicyclic) bond motifs is 1. The molecule has 3 aromatic rings. The average Bonchev–Trinajstić information content (AvgIpc) is 3.43. The number of imidazole rings is 1. The lowest BCUT2D eigenvalue weighted by Crippen LogP contribution is -2.35. The fraction of sp³-hybridized carbons (Fsp3) is 0.190. The van der Waals surface area contributed by atoms with Crippen LogP contribution >= 0.6 is 0 Å². The van der Waals surface area contributed by atoms with E-state index >= 15 is 0 Å². The third-order valence-electron chi connectivity index (χ3n) is 5.21. The summed E-state index contributed by atoms with van der Waals surface area (Å²) in [5, 5.41) is 6.21. The van der Waals surface area contributed by atoms with Crippen LogP contribution in [0.4, 0.5) is 10.2 Å². The summed E-state index contributed by atoms with van der Waals surface area (Å²) in [4.78, 5) is 12.4. The van der Waals surface area contributed by atoms with Crippen LogP contribution in [0.1, 0.15) is 24.1 Å². The van der Waals surface area contributed by atoms with E-state index in [1.165, 1.54) is 6.08 Å². The number of hydrogen-bond donors (Lipinski definition) is 1. The number of halogens is 1. The molecule has 140 valence electrons. The van der Waals surface area contributed by atoms with E-state index in [1.54, 1.807) is 12.3 Å². The van der Waals surface area contributed by atoms with Gasteiger partial charge in [-0.15, -0.1) is 0 Å². The monoisotopic (exact) mass is 374 g/mol. The van der Waals surface area contributed by atoms with Crippen molar-refractivity contribution in [2.24, 2.45) is 12.0 Å². The van der Waals surface area contributed by atoms with Gasteiger partial charge in [-0.3, -0.25) is 4.68 Å². The molecule has 1 N–H and O–H groups in total. The Bertz CT molecular complexity index is 1260. The van der Waals surface area contributed by atoms with Gasteiger partial charge >= 0.3 is 0 Å². The van der Waals surface area contributed by atoms with Gasteiger partial charge in [0.2, 0.25) is 0 Å². The van der Waals surface area contributed by atoms with Crippen molar-refractivity contribution in [3.8, 4) is 0 Å². The highest BCUT2D eigenvalue weighted by Gasteiger charge is 2.17. The van der Waals surface area contributed by atoms with Crippen molar-refractivity contribution < 1.29 is 4.39 Å². The molecule has 28 heavy (non-hydrogen) atoms. The molecule has 6 nitrogen and oxygen atoms in total. The van der Waals surface area contributed by atoms with Crippen LogP contribution in [0.25, 0.3) is 11.1 Å². The lowest BCUT2D eigenvalue weighted by Gasteiger charge is -2.12. The Labute approximate surface area is 160 Å². The molecule has 3 aromatic heterocycles. The molecule has 0 saturated carbocycles.